The number of hydrogen-bond donors (Lipinski definition) is 1. The maximum Gasteiger partial charge on any atom is 0.194 e. The summed E-state index contributed by atoms with van der Waals surface area (Å²) in [4.78, 5) is 6.85. The SMILES string of the molecule is CN1CCCCC1c1coc(CCCO)n1. The van der Waals surface area contributed by atoms with Crippen molar-refractivity contribution in [2.45, 2.75) is 38.1 Å². The summed E-state index contributed by atoms with van der Waals surface area (Å²) in [6.45, 7) is 1.34. The first-order chi connectivity index (χ1) is 7.81. The summed E-state index contributed by atoms with van der Waals surface area (Å²) in [6.07, 6.45) is 6.95. The number of oxazole rings is 1. The summed E-state index contributed by atoms with van der Waals surface area (Å²) in [7, 11) is 2.14. The van der Waals surface area contributed by atoms with Crippen LogP contribution in [0.15, 0.2) is 10.7 Å². The lowest BCUT2D eigenvalue weighted by Crippen LogP contribution is -2.29. The summed E-state index contributed by atoms with van der Waals surface area (Å²) in [6, 6.07) is 0.417. The van der Waals surface area contributed by atoms with E-state index in [1.165, 1.54) is 19.3 Å². The summed E-state index contributed by atoms with van der Waals surface area (Å²) in [5.41, 5.74) is 1.05. The van der Waals surface area contributed by atoms with Gasteiger partial charge in [-0.25, -0.2) is 4.98 Å². The highest BCUT2D eigenvalue weighted by Gasteiger charge is 2.23. The summed E-state index contributed by atoms with van der Waals surface area (Å²) in [5.74, 6) is 0.753. The number of likely N-dealkylation sites (tertiary alicyclic amines) is 1. The molecule has 1 aromatic rings. The molecule has 1 aliphatic rings. The Morgan fingerprint density at radius 1 is 1.56 bits per heavy atom. The van der Waals surface area contributed by atoms with Gasteiger partial charge in [-0.15, -0.1) is 0 Å². The molecule has 0 saturated carbocycles. The van der Waals surface area contributed by atoms with Crippen LogP contribution in [0.5, 0.6) is 0 Å². The van der Waals surface area contributed by atoms with Gasteiger partial charge in [0.1, 0.15) is 6.26 Å². The van der Waals surface area contributed by atoms with Crippen LogP contribution in [0, 0.1) is 0 Å². The highest BCUT2D eigenvalue weighted by Crippen LogP contribution is 2.28. The third-order valence-electron chi connectivity index (χ3n) is 3.23. The van der Waals surface area contributed by atoms with Crippen molar-refractivity contribution < 1.29 is 9.52 Å². The number of aliphatic hydroxyl groups excluding tert-OH is 1. The van der Waals surface area contributed by atoms with Crippen LogP contribution in [0.1, 0.15) is 43.3 Å². The number of nitrogens with zero attached hydrogens (tertiary/aromatic N) is 2. The molecule has 1 saturated heterocycles. The van der Waals surface area contributed by atoms with Gasteiger partial charge in [0, 0.05) is 13.0 Å². The van der Waals surface area contributed by atoms with Gasteiger partial charge in [-0.2, -0.15) is 0 Å². The maximum atomic E-state index is 8.75. The lowest BCUT2D eigenvalue weighted by Gasteiger charge is -2.30. The highest BCUT2D eigenvalue weighted by molar-refractivity contribution is 5.04. The molecule has 1 aromatic heterocycles. The summed E-state index contributed by atoms with van der Waals surface area (Å²) in [5, 5.41) is 8.75. The predicted molar refractivity (Wildman–Crippen MR) is 61.1 cm³/mol. The molecule has 16 heavy (non-hydrogen) atoms. The van der Waals surface area contributed by atoms with Gasteiger partial charge in [-0.3, -0.25) is 4.90 Å². The Kier molecular flexibility index (Phi) is 3.96. The van der Waals surface area contributed by atoms with Crippen molar-refractivity contribution in [1.82, 2.24) is 9.88 Å². The van der Waals surface area contributed by atoms with E-state index in [1.54, 1.807) is 6.26 Å². The third-order valence-corrected chi connectivity index (χ3v) is 3.23. The monoisotopic (exact) mass is 224 g/mol. The lowest BCUT2D eigenvalue weighted by atomic mass is 10.0. The minimum Gasteiger partial charge on any atom is -0.449 e. The molecule has 2 rings (SSSR count). The third kappa shape index (κ3) is 2.62. The van der Waals surface area contributed by atoms with Crippen LogP contribution < -0.4 is 0 Å². The number of aromatic nitrogens is 1. The van der Waals surface area contributed by atoms with Crippen molar-refractivity contribution in [3.8, 4) is 0 Å². The molecule has 4 nitrogen and oxygen atoms in total. The van der Waals surface area contributed by atoms with E-state index in [1.807, 2.05) is 0 Å². The van der Waals surface area contributed by atoms with E-state index < -0.39 is 0 Å². The topological polar surface area (TPSA) is 49.5 Å². The Labute approximate surface area is 96.3 Å². The Bertz CT molecular complexity index is 325. The zero-order chi connectivity index (χ0) is 11.4. The average Bonchev–Trinajstić information content (AvgIpc) is 2.75. The quantitative estimate of drug-likeness (QED) is 0.846. The van der Waals surface area contributed by atoms with Gasteiger partial charge in [-0.05, 0) is 32.9 Å². The van der Waals surface area contributed by atoms with Crippen molar-refractivity contribution in [3.05, 3.63) is 17.8 Å². The van der Waals surface area contributed by atoms with Crippen molar-refractivity contribution >= 4 is 0 Å². The molecule has 0 amide bonds. The molecule has 1 unspecified atom stereocenters. The minimum absolute atomic E-state index is 0.195. The van der Waals surface area contributed by atoms with Gasteiger partial charge < -0.3 is 9.52 Å². The number of hydrogen-bond acceptors (Lipinski definition) is 4. The first-order valence-corrected chi connectivity index (χ1v) is 6.06. The second kappa shape index (κ2) is 5.46. The fourth-order valence-electron chi connectivity index (χ4n) is 2.27. The van der Waals surface area contributed by atoms with Gasteiger partial charge in [0.25, 0.3) is 0 Å². The van der Waals surface area contributed by atoms with E-state index in [2.05, 4.69) is 16.9 Å². The first-order valence-electron chi connectivity index (χ1n) is 6.06. The van der Waals surface area contributed by atoms with Gasteiger partial charge in [-0.1, -0.05) is 6.42 Å². The van der Waals surface area contributed by atoms with Crippen LogP contribution in [-0.4, -0.2) is 35.2 Å². The van der Waals surface area contributed by atoms with Crippen molar-refractivity contribution in [1.29, 1.82) is 0 Å². The Hall–Kier alpha value is -0.870. The highest BCUT2D eigenvalue weighted by atomic mass is 16.3. The smallest absolute Gasteiger partial charge is 0.194 e. The zero-order valence-corrected chi connectivity index (χ0v) is 9.85. The lowest BCUT2D eigenvalue weighted by molar-refractivity contribution is 0.183. The van der Waals surface area contributed by atoms with E-state index in [0.29, 0.717) is 6.04 Å². The van der Waals surface area contributed by atoms with Crippen LogP contribution in [0.25, 0.3) is 0 Å². The summed E-state index contributed by atoms with van der Waals surface area (Å²) < 4.78 is 5.42. The van der Waals surface area contributed by atoms with Gasteiger partial charge in [0.15, 0.2) is 5.89 Å². The second-order valence-electron chi connectivity index (χ2n) is 4.49. The van der Waals surface area contributed by atoms with Gasteiger partial charge in [0.2, 0.25) is 0 Å². The van der Waals surface area contributed by atoms with Crippen LogP contribution >= 0.6 is 0 Å². The van der Waals surface area contributed by atoms with E-state index in [9.17, 15) is 0 Å². The van der Waals surface area contributed by atoms with Crippen molar-refractivity contribution in [2.75, 3.05) is 20.2 Å². The fourth-order valence-corrected chi connectivity index (χ4v) is 2.27. The second-order valence-corrected chi connectivity index (χ2v) is 4.49. The molecular weight excluding hydrogens is 204 g/mol. The largest absolute Gasteiger partial charge is 0.449 e. The molecular formula is C12H20N2O2. The van der Waals surface area contributed by atoms with Crippen molar-refractivity contribution in [3.63, 3.8) is 0 Å². The predicted octanol–water partition coefficient (Wildman–Crippen LogP) is 1.76. The van der Waals surface area contributed by atoms with E-state index >= 15 is 0 Å². The molecule has 0 aliphatic carbocycles. The maximum absolute atomic E-state index is 8.75. The van der Waals surface area contributed by atoms with E-state index in [-0.39, 0.29) is 6.61 Å². The van der Waals surface area contributed by atoms with Crippen LogP contribution in [-0.2, 0) is 6.42 Å². The molecule has 0 bridgehead atoms. The molecule has 1 aliphatic heterocycles. The van der Waals surface area contributed by atoms with E-state index in [0.717, 1.165) is 31.0 Å². The molecule has 0 aromatic carbocycles. The Morgan fingerprint density at radius 3 is 3.19 bits per heavy atom. The molecule has 1 atom stereocenters. The molecule has 0 spiro atoms. The summed E-state index contributed by atoms with van der Waals surface area (Å²) >= 11 is 0. The number of aliphatic hydroxyl groups is 1. The number of piperidine rings is 1. The average molecular weight is 224 g/mol. The molecule has 4 heteroatoms. The molecule has 1 fully saturated rings. The van der Waals surface area contributed by atoms with Gasteiger partial charge in [0.05, 0.1) is 11.7 Å². The van der Waals surface area contributed by atoms with Crippen LogP contribution in [0.4, 0.5) is 0 Å². The number of aryl methyl sites for hydroxylation is 1. The fraction of sp³-hybridized carbons (Fsp3) is 0.750. The van der Waals surface area contributed by atoms with Gasteiger partial charge >= 0.3 is 0 Å². The Balaban J connectivity index is 1.99. The normalized spacial score (nSPS) is 22.5. The van der Waals surface area contributed by atoms with Crippen molar-refractivity contribution in [2.24, 2.45) is 0 Å². The standard InChI is InChI=1S/C12H20N2O2/c1-14-7-3-2-5-11(14)10-9-16-12(13-10)6-4-8-15/h9,11,15H,2-8H2,1H3. The van der Waals surface area contributed by atoms with E-state index in [4.69, 9.17) is 9.52 Å². The molecule has 1 N–H and O–H groups in total. The zero-order valence-electron chi connectivity index (χ0n) is 9.85. The molecule has 2 heterocycles. The molecule has 0 radical (unpaired) electrons. The number of rotatable bonds is 4. The molecule has 90 valence electrons. The van der Waals surface area contributed by atoms with Crippen LogP contribution in [0.2, 0.25) is 0 Å². The Morgan fingerprint density at radius 2 is 2.44 bits per heavy atom. The first kappa shape index (κ1) is 11.6. The van der Waals surface area contributed by atoms with Crippen LogP contribution in [0.3, 0.4) is 0 Å². The minimum atomic E-state index is 0.195.